The van der Waals surface area contributed by atoms with E-state index in [1.54, 1.807) is 0 Å². The van der Waals surface area contributed by atoms with Gasteiger partial charge in [-0.05, 0) is 42.8 Å². The van der Waals surface area contributed by atoms with Crippen LogP contribution in [-0.4, -0.2) is 39.4 Å². The number of likely N-dealkylation sites (tertiary alicyclic amines) is 1. The Morgan fingerprint density at radius 3 is 2.29 bits per heavy atom. The first-order chi connectivity index (χ1) is 15.8. The molecule has 0 saturated carbocycles. The molecule has 2 fully saturated rings. The second kappa shape index (κ2) is 7.83. The summed E-state index contributed by atoms with van der Waals surface area (Å²) in [5.41, 5.74) is 2.70. The minimum Gasteiger partial charge on any atom is -0.480 e. The molecule has 0 aliphatic carbocycles. The smallest absolute Gasteiger partial charge is 0.416 e. The number of nitrogens with two attached hydrogens (primary N) is 1. The summed E-state index contributed by atoms with van der Waals surface area (Å²) in [6.45, 7) is 1.23. The quantitative estimate of drug-likeness (QED) is 0.576. The van der Waals surface area contributed by atoms with Gasteiger partial charge >= 0.3 is 18.2 Å². The fraction of sp³-hybridized carbons (Fsp3) is 0.273. The van der Waals surface area contributed by atoms with E-state index in [0.29, 0.717) is 5.56 Å². The molecule has 2 aromatic rings. The highest BCUT2D eigenvalue weighted by atomic mass is 19.4. The number of carbonyl (C=O) groups is 4. The fourth-order valence-corrected chi connectivity index (χ4v) is 4.48. The Morgan fingerprint density at radius 2 is 1.71 bits per heavy atom. The number of carboxylic acid groups (broad SMARTS) is 1. The van der Waals surface area contributed by atoms with Crippen LogP contribution in [0.5, 0.6) is 11.5 Å². The molecule has 4 atom stereocenters. The molecule has 178 valence electrons. The molecular weight excluding hydrogens is 459 g/mol. The maximum atomic E-state index is 13.0. The van der Waals surface area contributed by atoms with Gasteiger partial charge in [0, 0.05) is 6.04 Å². The third kappa shape index (κ3) is 3.65. The number of fused-ring (bicyclic) bond motifs is 1. The number of amides is 4. The molecule has 0 aromatic heterocycles. The minimum atomic E-state index is -4.56. The number of imide groups is 3. The molecule has 2 aliphatic heterocycles. The third-order valence-corrected chi connectivity index (χ3v) is 6.07. The van der Waals surface area contributed by atoms with Gasteiger partial charge in [0.25, 0.3) is 0 Å². The number of nitrogens with zero attached hydrogens (tertiary/aromatic N) is 1. The average molecular weight is 477 g/mol. The van der Waals surface area contributed by atoms with Crippen molar-refractivity contribution in [2.24, 2.45) is 17.6 Å². The van der Waals surface area contributed by atoms with Crippen molar-refractivity contribution in [3.8, 4) is 11.5 Å². The van der Waals surface area contributed by atoms with Crippen molar-refractivity contribution in [3.63, 3.8) is 0 Å². The number of halogens is 3. The van der Waals surface area contributed by atoms with Crippen molar-refractivity contribution in [1.82, 2.24) is 10.2 Å². The van der Waals surface area contributed by atoms with Crippen LogP contribution < -0.4 is 15.8 Å². The highest BCUT2D eigenvalue weighted by Crippen LogP contribution is 2.49. The van der Waals surface area contributed by atoms with Crippen LogP contribution in [0.1, 0.15) is 24.1 Å². The lowest BCUT2D eigenvalue weighted by molar-refractivity contribution is -0.149. The molecule has 4 unspecified atom stereocenters. The van der Waals surface area contributed by atoms with Gasteiger partial charge < -0.3 is 15.6 Å². The number of primary amides is 1. The highest BCUT2D eigenvalue weighted by molar-refractivity contribution is 6.18. The predicted octanol–water partition coefficient (Wildman–Crippen LogP) is 2.67. The van der Waals surface area contributed by atoms with Gasteiger partial charge in [-0.1, -0.05) is 18.2 Å². The van der Waals surface area contributed by atoms with Crippen LogP contribution in [0.4, 0.5) is 18.0 Å². The van der Waals surface area contributed by atoms with Crippen molar-refractivity contribution in [1.29, 1.82) is 0 Å². The summed E-state index contributed by atoms with van der Waals surface area (Å²) in [4.78, 5) is 49.5. The average Bonchev–Trinajstić information content (AvgIpc) is 3.21. The van der Waals surface area contributed by atoms with E-state index in [9.17, 15) is 37.5 Å². The number of nitrogens with one attached hydrogen (secondary N) is 1. The Morgan fingerprint density at radius 1 is 1.09 bits per heavy atom. The molecule has 0 bridgehead atoms. The molecule has 4 rings (SSSR count). The zero-order valence-corrected chi connectivity index (χ0v) is 17.5. The lowest BCUT2D eigenvalue weighted by atomic mass is 9.80. The van der Waals surface area contributed by atoms with E-state index in [0.717, 1.165) is 12.1 Å². The first-order valence-corrected chi connectivity index (χ1v) is 9.98. The normalized spacial score (nSPS) is 26.5. The molecule has 2 saturated heterocycles. The molecule has 34 heavy (non-hydrogen) atoms. The van der Waals surface area contributed by atoms with Crippen LogP contribution >= 0.6 is 0 Å². The number of carbonyl (C=O) groups excluding carboxylic acids is 3. The van der Waals surface area contributed by atoms with Crippen molar-refractivity contribution in [2.45, 2.75) is 24.7 Å². The molecule has 4 N–H and O–H groups in total. The molecule has 9 nitrogen and oxygen atoms in total. The number of aliphatic carboxylic acids is 1. The number of urea groups is 1. The number of hydrogen-bond acceptors (Lipinski definition) is 6. The summed E-state index contributed by atoms with van der Waals surface area (Å²) >= 11 is 0. The van der Waals surface area contributed by atoms with Crippen molar-refractivity contribution in [2.75, 3.05) is 0 Å². The third-order valence-electron chi connectivity index (χ3n) is 6.07. The highest BCUT2D eigenvalue weighted by Gasteiger charge is 2.67. The van der Waals surface area contributed by atoms with Crippen LogP contribution in [0.15, 0.2) is 48.5 Å². The Labute approximate surface area is 190 Å². The zero-order chi connectivity index (χ0) is 25.0. The van der Waals surface area contributed by atoms with Crippen LogP contribution in [0.3, 0.4) is 0 Å². The van der Waals surface area contributed by atoms with E-state index in [2.05, 4.69) is 5.32 Å². The van der Waals surface area contributed by atoms with Gasteiger partial charge in [-0.15, -0.1) is 0 Å². The first kappa shape index (κ1) is 23.2. The lowest BCUT2D eigenvalue weighted by Crippen LogP contribution is -2.54. The van der Waals surface area contributed by atoms with Gasteiger partial charge in [0.15, 0.2) is 0 Å². The van der Waals surface area contributed by atoms with E-state index >= 15 is 0 Å². The molecule has 2 aromatic carbocycles. The van der Waals surface area contributed by atoms with E-state index in [-0.39, 0.29) is 16.4 Å². The number of rotatable bonds is 4. The summed E-state index contributed by atoms with van der Waals surface area (Å²) in [6.07, 6.45) is -4.56. The molecule has 2 heterocycles. The number of hydrogen-bond donors (Lipinski definition) is 3. The molecule has 2 aliphatic rings. The Bertz CT molecular complexity index is 1220. The van der Waals surface area contributed by atoms with E-state index in [1.807, 2.05) is 0 Å². The monoisotopic (exact) mass is 477 g/mol. The summed E-state index contributed by atoms with van der Waals surface area (Å²) in [6, 6.07) is 7.81. The van der Waals surface area contributed by atoms with Gasteiger partial charge in [0.05, 0.1) is 17.4 Å². The molecular formula is C22H18F3N3O6. The summed E-state index contributed by atoms with van der Waals surface area (Å²) in [5, 5.41) is 12.6. The van der Waals surface area contributed by atoms with Gasteiger partial charge in [0.2, 0.25) is 11.8 Å². The fourth-order valence-electron chi connectivity index (χ4n) is 4.48. The summed E-state index contributed by atoms with van der Waals surface area (Å²) < 4.78 is 44.5. The zero-order valence-electron chi connectivity index (χ0n) is 17.5. The van der Waals surface area contributed by atoms with Gasteiger partial charge in [-0.3, -0.25) is 19.7 Å². The molecule has 12 heteroatoms. The van der Waals surface area contributed by atoms with E-state index < -0.39 is 59.0 Å². The standard InChI is InChI=1S/C22H18F3N3O6/c1-21(19(31)32)15-14(17(29)28(18(15)30)20(26)33)16(27-21)10-4-2-6-12(8-10)34-13-7-3-5-11(9-13)22(23,24)25/h2-9,14-16,27H,1H3,(H2,26,33)(H,31,32). The number of ether oxygens (including phenoxy) is 1. The minimum absolute atomic E-state index is 0.0911. The van der Waals surface area contributed by atoms with Crippen molar-refractivity contribution in [3.05, 3.63) is 59.7 Å². The van der Waals surface area contributed by atoms with Crippen LogP contribution in [0.2, 0.25) is 0 Å². The Balaban J connectivity index is 1.69. The van der Waals surface area contributed by atoms with Crippen LogP contribution in [0.25, 0.3) is 0 Å². The van der Waals surface area contributed by atoms with Crippen LogP contribution in [-0.2, 0) is 20.6 Å². The second-order valence-corrected chi connectivity index (χ2v) is 8.18. The lowest BCUT2D eigenvalue weighted by Gasteiger charge is -2.26. The van der Waals surface area contributed by atoms with Gasteiger partial charge in [-0.2, -0.15) is 18.1 Å². The Hall–Kier alpha value is -3.93. The van der Waals surface area contributed by atoms with Gasteiger partial charge in [0.1, 0.15) is 17.0 Å². The summed E-state index contributed by atoms with van der Waals surface area (Å²) in [7, 11) is 0. The predicted molar refractivity (Wildman–Crippen MR) is 108 cm³/mol. The van der Waals surface area contributed by atoms with Crippen LogP contribution in [0, 0.1) is 11.8 Å². The Kier molecular flexibility index (Phi) is 5.35. The summed E-state index contributed by atoms with van der Waals surface area (Å²) in [5.74, 6) is -5.98. The molecule has 0 radical (unpaired) electrons. The molecule has 0 spiro atoms. The maximum absolute atomic E-state index is 13.0. The van der Waals surface area contributed by atoms with Crippen molar-refractivity contribution < 1.29 is 42.2 Å². The van der Waals surface area contributed by atoms with Crippen molar-refractivity contribution >= 4 is 23.8 Å². The number of benzene rings is 2. The second-order valence-electron chi connectivity index (χ2n) is 8.18. The number of carboxylic acids is 1. The largest absolute Gasteiger partial charge is 0.480 e. The SMILES string of the molecule is CC1(C(=O)O)NC(c2cccc(Oc3cccc(C(F)(F)F)c3)c2)C2C(=O)N(C(N)=O)C(=O)C21. The maximum Gasteiger partial charge on any atom is 0.416 e. The first-order valence-electron chi connectivity index (χ1n) is 9.98. The van der Waals surface area contributed by atoms with Gasteiger partial charge in [-0.25, -0.2) is 4.79 Å². The van der Waals surface area contributed by atoms with E-state index in [4.69, 9.17) is 10.5 Å². The topological polar surface area (TPSA) is 139 Å². The number of alkyl halides is 3. The molecule has 4 amide bonds. The van der Waals surface area contributed by atoms with E-state index in [1.165, 1.54) is 43.3 Å².